The van der Waals surface area contributed by atoms with Crippen molar-refractivity contribution in [2.24, 2.45) is 5.73 Å². The van der Waals surface area contributed by atoms with Crippen LogP contribution in [0.3, 0.4) is 0 Å². The lowest BCUT2D eigenvalue weighted by atomic mass is 10.0. The van der Waals surface area contributed by atoms with Gasteiger partial charge in [-0.3, -0.25) is 0 Å². The van der Waals surface area contributed by atoms with E-state index in [0.29, 0.717) is 13.2 Å². The molecule has 2 N–H and O–H groups in total. The second-order valence-corrected chi connectivity index (χ2v) is 5.83. The lowest BCUT2D eigenvalue weighted by Crippen LogP contribution is -2.22. The lowest BCUT2D eigenvalue weighted by molar-refractivity contribution is -0.0163. The molecule has 0 aliphatic carbocycles. The molecule has 0 aromatic heterocycles. The van der Waals surface area contributed by atoms with E-state index < -0.39 is 0 Å². The van der Waals surface area contributed by atoms with Crippen molar-refractivity contribution >= 4 is 0 Å². The molecule has 1 unspecified atom stereocenters. The van der Waals surface area contributed by atoms with Crippen LogP contribution in [0.1, 0.15) is 39.7 Å². The summed E-state index contributed by atoms with van der Waals surface area (Å²) in [5.74, 6) is 0.887. The van der Waals surface area contributed by atoms with E-state index in [1.165, 1.54) is 5.56 Å². The summed E-state index contributed by atoms with van der Waals surface area (Å²) in [5, 5.41) is 0. The van der Waals surface area contributed by atoms with Crippen LogP contribution in [0.15, 0.2) is 24.3 Å². The highest BCUT2D eigenvalue weighted by Gasteiger charge is 2.09. The minimum atomic E-state index is -0.112. The van der Waals surface area contributed by atoms with Gasteiger partial charge in [-0.25, -0.2) is 0 Å². The van der Waals surface area contributed by atoms with Crippen LogP contribution in [0.2, 0.25) is 0 Å². The number of ether oxygens (including phenoxy) is 2. The first-order chi connectivity index (χ1) is 8.90. The molecule has 0 saturated heterocycles. The van der Waals surface area contributed by atoms with Crippen LogP contribution in [0.5, 0.6) is 5.75 Å². The Morgan fingerprint density at radius 1 is 1.21 bits per heavy atom. The van der Waals surface area contributed by atoms with Gasteiger partial charge >= 0.3 is 0 Å². The topological polar surface area (TPSA) is 44.5 Å². The normalized spacial score (nSPS) is 13.3. The van der Waals surface area contributed by atoms with Crippen LogP contribution in [0, 0.1) is 0 Å². The van der Waals surface area contributed by atoms with Crippen LogP contribution >= 0.6 is 0 Å². The maximum absolute atomic E-state index is 5.96. The van der Waals surface area contributed by atoms with E-state index in [-0.39, 0.29) is 11.6 Å². The zero-order valence-electron chi connectivity index (χ0n) is 12.6. The second kappa shape index (κ2) is 7.51. The van der Waals surface area contributed by atoms with E-state index in [9.17, 15) is 0 Å². The molecule has 0 spiro atoms. The fourth-order valence-corrected chi connectivity index (χ4v) is 1.72. The molecule has 0 aliphatic heterocycles. The highest BCUT2D eigenvalue weighted by atomic mass is 16.5. The smallest absolute Gasteiger partial charge is 0.119 e. The molecule has 1 aromatic carbocycles. The molecule has 0 heterocycles. The number of rotatable bonds is 7. The third kappa shape index (κ3) is 7.19. The van der Waals surface area contributed by atoms with Crippen molar-refractivity contribution in [3.63, 3.8) is 0 Å². The van der Waals surface area contributed by atoms with Gasteiger partial charge < -0.3 is 15.2 Å². The zero-order chi connectivity index (χ0) is 14.3. The number of hydrogen-bond acceptors (Lipinski definition) is 3. The Morgan fingerprint density at radius 3 is 2.58 bits per heavy atom. The molecule has 0 saturated carbocycles. The Morgan fingerprint density at radius 2 is 1.95 bits per heavy atom. The van der Waals surface area contributed by atoms with E-state index in [1.54, 1.807) is 0 Å². The highest BCUT2D eigenvalue weighted by Crippen LogP contribution is 2.15. The minimum Gasteiger partial charge on any atom is -0.491 e. The standard InChI is InChI=1S/C16H27NO2/c1-5-14(17)11-13-7-6-8-15(12-13)18-9-10-19-16(2,3)4/h6-8,12,14H,5,9-11,17H2,1-4H3. The van der Waals surface area contributed by atoms with Crippen LogP contribution in [0.25, 0.3) is 0 Å². The third-order valence-electron chi connectivity index (χ3n) is 2.81. The highest BCUT2D eigenvalue weighted by molar-refractivity contribution is 5.29. The Kier molecular flexibility index (Phi) is 6.32. The van der Waals surface area contributed by atoms with Crippen molar-refractivity contribution in [2.45, 2.75) is 52.2 Å². The summed E-state index contributed by atoms with van der Waals surface area (Å²) in [6, 6.07) is 8.36. The summed E-state index contributed by atoms with van der Waals surface area (Å²) in [4.78, 5) is 0. The molecule has 108 valence electrons. The van der Waals surface area contributed by atoms with Gasteiger partial charge in [-0.05, 0) is 51.3 Å². The molecule has 19 heavy (non-hydrogen) atoms. The van der Waals surface area contributed by atoms with Crippen LogP contribution in [-0.2, 0) is 11.2 Å². The molecule has 1 aromatic rings. The van der Waals surface area contributed by atoms with Gasteiger partial charge in [0.2, 0.25) is 0 Å². The first kappa shape index (κ1) is 16.0. The Bertz CT molecular complexity index is 371. The van der Waals surface area contributed by atoms with Crippen molar-refractivity contribution in [2.75, 3.05) is 13.2 Å². The van der Waals surface area contributed by atoms with E-state index in [1.807, 2.05) is 32.9 Å². The minimum absolute atomic E-state index is 0.112. The first-order valence-electron chi connectivity index (χ1n) is 7.02. The fraction of sp³-hybridized carbons (Fsp3) is 0.625. The monoisotopic (exact) mass is 265 g/mol. The van der Waals surface area contributed by atoms with Crippen molar-refractivity contribution in [3.05, 3.63) is 29.8 Å². The molecule has 0 bridgehead atoms. The maximum Gasteiger partial charge on any atom is 0.119 e. The molecule has 0 radical (unpaired) electrons. The molecule has 1 rings (SSSR count). The van der Waals surface area contributed by atoms with Crippen LogP contribution in [-0.4, -0.2) is 24.9 Å². The fourth-order valence-electron chi connectivity index (χ4n) is 1.72. The molecule has 1 atom stereocenters. The first-order valence-corrected chi connectivity index (χ1v) is 7.02. The average molecular weight is 265 g/mol. The molecular weight excluding hydrogens is 238 g/mol. The molecular formula is C16H27NO2. The molecule has 0 aliphatic rings. The molecule has 0 amide bonds. The van der Waals surface area contributed by atoms with Gasteiger partial charge in [0.1, 0.15) is 12.4 Å². The maximum atomic E-state index is 5.96. The lowest BCUT2D eigenvalue weighted by Gasteiger charge is -2.19. The van der Waals surface area contributed by atoms with Crippen molar-refractivity contribution < 1.29 is 9.47 Å². The Hall–Kier alpha value is -1.06. The SMILES string of the molecule is CCC(N)Cc1cccc(OCCOC(C)(C)C)c1. The third-order valence-corrected chi connectivity index (χ3v) is 2.81. The quantitative estimate of drug-likeness (QED) is 0.770. The van der Waals surface area contributed by atoms with Crippen molar-refractivity contribution in [1.82, 2.24) is 0 Å². The van der Waals surface area contributed by atoms with Gasteiger partial charge in [0.05, 0.1) is 12.2 Å². The molecule has 0 fully saturated rings. The number of nitrogens with two attached hydrogens (primary N) is 1. The summed E-state index contributed by atoms with van der Waals surface area (Å²) >= 11 is 0. The van der Waals surface area contributed by atoms with Crippen LogP contribution < -0.4 is 10.5 Å². The largest absolute Gasteiger partial charge is 0.491 e. The zero-order valence-corrected chi connectivity index (χ0v) is 12.6. The Labute approximate surface area is 117 Å². The van der Waals surface area contributed by atoms with Gasteiger partial charge in [0.25, 0.3) is 0 Å². The molecule has 3 heteroatoms. The van der Waals surface area contributed by atoms with E-state index in [0.717, 1.165) is 18.6 Å². The van der Waals surface area contributed by atoms with E-state index in [2.05, 4.69) is 19.1 Å². The molecule has 3 nitrogen and oxygen atoms in total. The van der Waals surface area contributed by atoms with Gasteiger partial charge in [-0.2, -0.15) is 0 Å². The van der Waals surface area contributed by atoms with Gasteiger partial charge in [0.15, 0.2) is 0 Å². The number of benzene rings is 1. The van der Waals surface area contributed by atoms with Gasteiger partial charge in [-0.1, -0.05) is 19.1 Å². The van der Waals surface area contributed by atoms with Crippen LogP contribution in [0.4, 0.5) is 0 Å². The summed E-state index contributed by atoms with van der Waals surface area (Å²) < 4.78 is 11.3. The number of hydrogen-bond donors (Lipinski definition) is 1. The van der Waals surface area contributed by atoms with Gasteiger partial charge in [-0.15, -0.1) is 0 Å². The van der Waals surface area contributed by atoms with Crippen molar-refractivity contribution in [3.8, 4) is 5.75 Å². The Balaban J connectivity index is 2.40. The van der Waals surface area contributed by atoms with Gasteiger partial charge in [0, 0.05) is 6.04 Å². The predicted molar refractivity (Wildman–Crippen MR) is 79.6 cm³/mol. The van der Waals surface area contributed by atoms with E-state index in [4.69, 9.17) is 15.2 Å². The predicted octanol–water partition coefficient (Wildman–Crippen LogP) is 3.16. The van der Waals surface area contributed by atoms with Crippen molar-refractivity contribution in [1.29, 1.82) is 0 Å². The summed E-state index contributed by atoms with van der Waals surface area (Å²) in [6.07, 6.45) is 1.89. The summed E-state index contributed by atoms with van der Waals surface area (Å²) in [5.41, 5.74) is 7.08. The van der Waals surface area contributed by atoms with E-state index >= 15 is 0 Å². The summed E-state index contributed by atoms with van der Waals surface area (Å²) in [6.45, 7) is 9.40. The summed E-state index contributed by atoms with van der Waals surface area (Å²) in [7, 11) is 0. The second-order valence-electron chi connectivity index (χ2n) is 5.83. The average Bonchev–Trinajstić information content (AvgIpc) is 2.34.